The Labute approximate surface area is 153 Å². The molecule has 2 aromatic rings. The third-order valence-corrected chi connectivity index (χ3v) is 4.16. The molecule has 2 aromatic carbocycles. The molecule has 138 valence electrons. The van der Waals surface area contributed by atoms with Crippen molar-refractivity contribution >= 4 is 17.5 Å². The first-order valence-corrected chi connectivity index (χ1v) is 8.71. The van der Waals surface area contributed by atoms with Crippen LogP contribution in [0, 0.1) is 25.6 Å². The van der Waals surface area contributed by atoms with Crippen LogP contribution in [0.15, 0.2) is 42.5 Å². The fourth-order valence-electron chi connectivity index (χ4n) is 2.67. The lowest BCUT2D eigenvalue weighted by Gasteiger charge is -2.21. The van der Waals surface area contributed by atoms with Crippen LogP contribution in [0.25, 0.3) is 0 Å². The summed E-state index contributed by atoms with van der Waals surface area (Å²) in [4.78, 5) is 25.2. The molecule has 0 heterocycles. The van der Waals surface area contributed by atoms with Crippen LogP contribution in [0.4, 0.5) is 10.1 Å². The topological polar surface area (TPSA) is 58.2 Å². The van der Waals surface area contributed by atoms with Crippen molar-refractivity contribution in [3.05, 3.63) is 65.0 Å². The molecule has 2 amide bonds. The SMILES string of the molecule is Cc1ccc(NC(=O)[C@H](CC(C)C)NC(=O)c2ccccc2C)cc1F. The summed E-state index contributed by atoms with van der Waals surface area (Å²) in [7, 11) is 0. The highest BCUT2D eigenvalue weighted by Crippen LogP contribution is 2.16. The minimum absolute atomic E-state index is 0.206. The third kappa shape index (κ3) is 5.15. The lowest BCUT2D eigenvalue weighted by molar-refractivity contribution is -0.118. The van der Waals surface area contributed by atoms with E-state index in [1.807, 2.05) is 32.9 Å². The van der Waals surface area contributed by atoms with E-state index in [1.54, 1.807) is 31.2 Å². The predicted molar refractivity (Wildman–Crippen MR) is 102 cm³/mol. The van der Waals surface area contributed by atoms with Crippen molar-refractivity contribution in [1.29, 1.82) is 0 Å². The Kier molecular flexibility index (Phi) is 6.50. The van der Waals surface area contributed by atoms with Gasteiger partial charge in [-0.15, -0.1) is 0 Å². The number of anilines is 1. The summed E-state index contributed by atoms with van der Waals surface area (Å²) in [6.45, 7) is 7.46. The van der Waals surface area contributed by atoms with Gasteiger partial charge in [-0.3, -0.25) is 9.59 Å². The average Bonchev–Trinajstić information content (AvgIpc) is 2.57. The maximum atomic E-state index is 13.7. The van der Waals surface area contributed by atoms with Crippen molar-refractivity contribution in [3.63, 3.8) is 0 Å². The molecule has 26 heavy (non-hydrogen) atoms. The molecule has 1 atom stereocenters. The quantitative estimate of drug-likeness (QED) is 0.814. The standard InChI is InChI=1S/C21H25FN2O2/c1-13(2)11-19(24-20(25)17-8-6-5-7-14(17)3)21(26)23-16-10-9-15(4)18(22)12-16/h5-10,12-13,19H,11H2,1-4H3,(H,23,26)(H,24,25)/t19-/m0/s1. The van der Waals surface area contributed by atoms with Gasteiger partial charge in [-0.2, -0.15) is 0 Å². The lowest BCUT2D eigenvalue weighted by Crippen LogP contribution is -2.44. The van der Waals surface area contributed by atoms with Gasteiger partial charge in [0.25, 0.3) is 5.91 Å². The van der Waals surface area contributed by atoms with Gasteiger partial charge in [-0.1, -0.05) is 38.1 Å². The normalized spacial score (nSPS) is 11.9. The van der Waals surface area contributed by atoms with E-state index in [4.69, 9.17) is 0 Å². The van der Waals surface area contributed by atoms with Crippen molar-refractivity contribution in [1.82, 2.24) is 5.32 Å². The lowest BCUT2D eigenvalue weighted by atomic mass is 10.0. The van der Waals surface area contributed by atoms with Crippen LogP contribution >= 0.6 is 0 Å². The Hall–Kier alpha value is -2.69. The van der Waals surface area contributed by atoms with E-state index >= 15 is 0 Å². The first kappa shape index (κ1) is 19.6. The molecule has 2 rings (SSSR count). The molecular formula is C21H25FN2O2. The van der Waals surface area contributed by atoms with Crippen molar-refractivity contribution in [2.45, 2.75) is 40.2 Å². The Morgan fingerprint density at radius 2 is 1.73 bits per heavy atom. The number of nitrogens with one attached hydrogen (secondary N) is 2. The first-order chi connectivity index (χ1) is 12.3. The molecule has 4 nitrogen and oxygen atoms in total. The highest BCUT2D eigenvalue weighted by molar-refractivity contribution is 6.01. The number of aryl methyl sites for hydroxylation is 2. The molecule has 0 aliphatic heterocycles. The van der Waals surface area contributed by atoms with Crippen LogP contribution in [0.3, 0.4) is 0 Å². The van der Waals surface area contributed by atoms with E-state index < -0.39 is 6.04 Å². The fraction of sp³-hybridized carbons (Fsp3) is 0.333. The number of hydrogen-bond donors (Lipinski definition) is 2. The van der Waals surface area contributed by atoms with Crippen molar-refractivity contribution in [2.75, 3.05) is 5.32 Å². The van der Waals surface area contributed by atoms with Gasteiger partial charge in [0.15, 0.2) is 0 Å². The van der Waals surface area contributed by atoms with Crippen LogP contribution in [0.2, 0.25) is 0 Å². The molecule has 5 heteroatoms. The van der Waals surface area contributed by atoms with Crippen LogP contribution in [0.5, 0.6) is 0 Å². The summed E-state index contributed by atoms with van der Waals surface area (Å²) in [6.07, 6.45) is 0.484. The Bertz CT molecular complexity index is 802. The number of carbonyl (C=O) groups excluding carboxylic acids is 2. The van der Waals surface area contributed by atoms with Gasteiger partial charge in [0.1, 0.15) is 11.9 Å². The van der Waals surface area contributed by atoms with Crippen LogP contribution < -0.4 is 10.6 Å². The minimum atomic E-state index is -0.702. The molecule has 0 aliphatic rings. The molecule has 2 N–H and O–H groups in total. The molecule has 0 fully saturated rings. The highest BCUT2D eigenvalue weighted by atomic mass is 19.1. The smallest absolute Gasteiger partial charge is 0.252 e. The van der Waals surface area contributed by atoms with E-state index in [9.17, 15) is 14.0 Å². The zero-order chi connectivity index (χ0) is 19.3. The molecule has 0 saturated heterocycles. The summed E-state index contributed by atoms with van der Waals surface area (Å²) in [5.41, 5.74) is 2.26. The van der Waals surface area contributed by atoms with Gasteiger partial charge in [-0.25, -0.2) is 4.39 Å². The Morgan fingerprint density at radius 1 is 1.04 bits per heavy atom. The van der Waals surface area contributed by atoms with Crippen molar-refractivity contribution < 1.29 is 14.0 Å². The molecule has 0 bridgehead atoms. The zero-order valence-electron chi connectivity index (χ0n) is 15.6. The number of halogens is 1. The highest BCUT2D eigenvalue weighted by Gasteiger charge is 2.23. The first-order valence-electron chi connectivity index (χ1n) is 8.71. The molecule has 0 unspecified atom stereocenters. The summed E-state index contributed by atoms with van der Waals surface area (Å²) in [5.74, 6) is -0.826. The second kappa shape index (κ2) is 8.61. The molecule has 0 radical (unpaired) electrons. The van der Waals surface area contributed by atoms with E-state index in [1.165, 1.54) is 6.07 Å². The van der Waals surface area contributed by atoms with Gasteiger partial charge in [-0.05, 0) is 55.5 Å². The maximum Gasteiger partial charge on any atom is 0.252 e. The second-order valence-electron chi connectivity index (χ2n) is 6.92. The number of carbonyl (C=O) groups is 2. The van der Waals surface area contributed by atoms with Gasteiger partial charge >= 0.3 is 0 Å². The molecule has 0 spiro atoms. The van der Waals surface area contributed by atoms with Gasteiger partial charge in [0.2, 0.25) is 5.91 Å². The van der Waals surface area contributed by atoms with E-state index in [2.05, 4.69) is 10.6 Å². The largest absolute Gasteiger partial charge is 0.340 e. The Balaban J connectivity index is 2.15. The minimum Gasteiger partial charge on any atom is -0.340 e. The third-order valence-electron chi connectivity index (χ3n) is 4.16. The Morgan fingerprint density at radius 3 is 2.35 bits per heavy atom. The van der Waals surface area contributed by atoms with Crippen molar-refractivity contribution in [3.8, 4) is 0 Å². The predicted octanol–water partition coefficient (Wildman–Crippen LogP) is 4.23. The van der Waals surface area contributed by atoms with Crippen molar-refractivity contribution in [2.24, 2.45) is 5.92 Å². The van der Waals surface area contributed by atoms with Gasteiger partial charge in [0.05, 0.1) is 0 Å². The summed E-state index contributed by atoms with van der Waals surface area (Å²) in [5, 5.41) is 5.50. The average molecular weight is 356 g/mol. The monoisotopic (exact) mass is 356 g/mol. The van der Waals surface area contributed by atoms with E-state index in [-0.39, 0.29) is 23.5 Å². The fourth-order valence-corrected chi connectivity index (χ4v) is 2.67. The van der Waals surface area contributed by atoms with Crippen LogP contribution in [-0.4, -0.2) is 17.9 Å². The number of rotatable bonds is 6. The molecule has 0 saturated carbocycles. The van der Waals surface area contributed by atoms with E-state index in [0.717, 1.165) is 5.56 Å². The second-order valence-corrected chi connectivity index (χ2v) is 6.92. The molecular weight excluding hydrogens is 331 g/mol. The van der Waals surface area contributed by atoms with Gasteiger partial charge in [0, 0.05) is 11.3 Å². The van der Waals surface area contributed by atoms with Crippen LogP contribution in [0.1, 0.15) is 41.8 Å². The van der Waals surface area contributed by atoms with E-state index in [0.29, 0.717) is 23.2 Å². The number of amides is 2. The summed E-state index contributed by atoms with van der Waals surface area (Å²) in [6, 6.07) is 11.0. The summed E-state index contributed by atoms with van der Waals surface area (Å²) < 4.78 is 13.7. The van der Waals surface area contributed by atoms with Crippen LogP contribution in [-0.2, 0) is 4.79 Å². The number of hydrogen-bond acceptors (Lipinski definition) is 2. The molecule has 0 aromatic heterocycles. The zero-order valence-corrected chi connectivity index (χ0v) is 15.6. The summed E-state index contributed by atoms with van der Waals surface area (Å²) >= 11 is 0. The van der Waals surface area contributed by atoms with Gasteiger partial charge < -0.3 is 10.6 Å². The molecule has 0 aliphatic carbocycles. The maximum absolute atomic E-state index is 13.7. The number of benzene rings is 2.